The summed E-state index contributed by atoms with van der Waals surface area (Å²) in [4.78, 5) is 24.9. The van der Waals surface area contributed by atoms with Gasteiger partial charge in [-0.25, -0.2) is 0 Å². The van der Waals surface area contributed by atoms with Crippen molar-refractivity contribution in [3.05, 3.63) is 0 Å². The normalized spacial score (nSPS) is 49.6. The van der Waals surface area contributed by atoms with Gasteiger partial charge in [-0.1, -0.05) is 0 Å². The molecule has 25 atom stereocenters. The molecule has 16 N–H and O–H groups in total. The zero-order valence-electron chi connectivity index (χ0n) is 33.0. The van der Waals surface area contributed by atoms with Gasteiger partial charge in [-0.05, 0) is 6.92 Å². The van der Waals surface area contributed by atoms with E-state index in [9.17, 15) is 81.1 Å². The highest BCUT2D eigenvalue weighted by molar-refractivity contribution is 5.73. The summed E-state index contributed by atoms with van der Waals surface area (Å²) >= 11 is 0. The Morgan fingerprint density at radius 2 is 0.803 bits per heavy atom. The van der Waals surface area contributed by atoms with Crippen LogP contribution in [0.25, 0.3) is 0 Å². The van der Waals surface area contributed by atoms with E-state index in [0.717, 1.165) is 13.8 Å². The molecule has 5 heterocycles. The minimum absolute atomic E-state index is 0.752. The van der Waals surface area contributed by atoms with Crippen LogP contribution in [-0.2, 0) is 52.2 Å². The Bertz CT molecular complexity index is 1420. The topological polar surface area (TPSA) is 424 Å². The number of aliphatic hydroxyl groups is 14. The van der Waals surface area contributed by atoms with Crippen LogP contribution in [0.2, 0.25) is 0 Å². The molecule has 27 nitrogen and oxygen atoms in total. The molecule has 2 amide bonds. The highest BCUT2D eigenvalue weighted by atomic mass is 16.8. The van der Waals surface area contributed by atoms with Crippen LogP contribution in [0.15, 0.2) is 0 Å². The molecular formula is C34H58N2O25. The number of carbonyl (C=O) groups is 2. The van der Waals surface area contributed by atoms with E-state index in [4.69, 9.17) is 42.6 Å². The number of amides is 2. The summed E-state index contributed by atoms with van der Waals surface area (Å²) in [6, 6.07) is -3.34. The summed E-state index contributed by atoms with van der Waals surface area (Å²) in [7, 11) is 0. The molecule has 0 aromatic rings. The maximum absolute atomic E-state index is 12.7. The van der Waals surface area contributed by atoms with Gasteiger partial charge in [-0.2, -0.15) is 0 Å². The average molecular weight is 895 g/mol. The van der Waals surface area contributed by atoms with Crippen LogP contribution in [-0.4, -0.2) is 263 Å². The average Bonchev–Trinajstić information content (AvgIpc) is 3.22. The Kier molecular flexibility index (Phi) is 17.5. The summed E-state index contributed by atoms with van der Waals surface area (Å²) < 4.78 is 52.3. The summed E-state index contributed by atoms with van der Waals surface area (Å²) in [5, 5.41) is 154. The van der Waals surface area contributed by atoms with Gasteiger partial charge >= 0.3 is 0 Å². The van der Waals surface area contributed by atoms with E-state index in [-0.39, 0.29) is 0 Å². The smallest absolute Gasteiger partial charge is 0.217 e. The third kappa shape index (κ3) is 10.8. The molecule has 0 aromatic heterocycles. The lowest BCUT2D eigenvalue weighted by molar-refractivity contribution is -0.399. The Morgan fingerprint density at radius 1 is 0.426 bits per heavy atom. The lowest BCUT2D eigenvalue weighted by Crippen LogP contribution is -2.71. The van der Waals surface area contributed by atoms with Gasteiger partial charge in [-0.15, -0.1) is 0 Å². The van der Waals surface area contributed by atoms with Gasteiger partial charge in [0.2, 0.25) is 11.8 Å². The number of carbonyl (C=O) groups excluding carboxylic acids is 2. The summed E-state index contributed by atoms with van der Waals surface area (Å²) in [6.45, 7) is -0.352. The van der Waals surface area contributed by atoms with Crippen LogP contribution in [0.5, 0.6) is 0 Å². The second-order valence-corrected chi connectivity index (χ2v) is 15.4. The molecule has 5 saturated heterocycles. The van der Waals surface area contributed by atoms with Gasteiger partial charge in [0.15, 0.2) is 31.5 Å². The van der Waals surface area contributed by atoms with Gasteiger partial charge in [0.05, 0.1) is 32.5 Å². The third-order valence-corrected chi connectivity index (χ3v) is 11.1. The number of rotatable bonds is 14. The van der Waals surface area contributed by atoms with Gasteiger partial charge < -0.3 is 125 Å². The van der Waals surface area contributed by atoms with Crippen molar-refractivity contribution in [2.45, 2.75) is 174 Å². The third-order valence-electron chi connectivity index (χ3n) is 11.1. The number of ether oxygens (including phenoxy) is 9. The van der Waals surface area contributed by atoms with Crippen LogP contribution >= 0.6 is 0 Å². The lowest BCUT2D eigenvalue weighted by Gasteiger charge is -2.51. The number of hydrogen-bond acceptors (Lipinski definition) is 25. The summed E-state index contributed by atoms with van der Waals surface area (Å²) in [5.74, 6) is -1.58. The first-order valence-corrected chi connectivity index (χ1v) is 19.5. The van der Waals surface area contributed by atoms with Crippen molar-refractivity contribution in [1.82, 2.24) is 10.6 Å². The van der Waals surface area contributed by atoms with Crippen LogP contribution < -0.4 is 10.6 Å². The first-order valence-electron chi connectivity index (χ1n) is 19.5. The molecule has 5 fully saturated rings. The van der Waals surface area contributed by atoms with Crippen molar-refractivity contribution < 1.29 is 124 Å². The Morgan fingerprint density at radius 3 is 1.34 bits per heavy atom. The molecular weight excluding hydrogens is 836 g/mol. The van der Waals surface area contributed by atoms with E-state index in [2.05, 4.69) is 10.6 Å². The van der Waals surface area contributed by atoms with E-state index in [0.29, 0.717) is 0 Å². The van der Waals surface area contributed by atoms with Crippen LogP contribution in [0.3, 0.4) is 0 Å². The molecule has 0 radical (unpaired) electrons. The zero-order valence-corrected chi connectivity index (χ0v) is 33.0. The van der Waals surface area contributed by atoms with Gasteiger partial charge in [0, 0.05) is 13.8 Å². The van der Waals surface area contributed by atoms with E-state index in [1.807, 2.05) is 0 Å². The van der Waals surface area contributed by atoms with Gasteiger partial charge in [0.1, 0.15) is 116 Å². The van der Waals surface area contributed by atoms with Crippen molar-refractivity contribution >= 4 is 11.8 Å². The predicted molar refractivity (Wildman–Crippen MR) is 188 cm³/mol. The molecule has 5 aliphatic heterocycles. The minimum Gasteiger partial charge on any atom is -0.394 e. The van der Waals surface area contributed by atoms with Crippen molar-refractivity contribution in [3.63, 3.8) is 0 Å². The van der Waals surface area contributed by atoms with E-state index < -0.39 is 192 Å². The minimum atomic E-state index is -2.04. The zero-order chi connectivity index (χ0) is 45.2. The molecule has 27 heteroatoms. The fourth-order valence-corrected chi connectivity index (χ4v) is 7.74. The van der Waals surface area contributed by atoms with Gasteiger partial charge in [-0.3, -0.25) is 9.59 Å². The van der Waals surface area contributed by atoms with Gasteiger partial charge in [0.25, 0.3) is 0 Å². The molecule has 0 aromatic carbocycles. The highest BCUT2D eigenvalue weighted by Gasteiger charge is 2.58. The predicted octanol–water partition coefficient (Wildman–Crippen LogP) is -10.6. The van der Waals surface area contributed by atoms with Crippen LogP contribution in [0, 0.1) is 0 Å². The first-order chi connectivity index (χ1) is 28.8. The maximum atomic E-state index is 12.7. The molecule has 0 saturated carbocycles. The fourth-order valence-electron chi connectivity index (χ4n) is 7.74. The molecule has 0 bridgehead atoms. The lowest BCUT2D eigenvalue weighted by atomic mass is 9.93. The summed E-state index contributed by atoms with van der Waals surface area (Å²) in [6.07, 6.45) is -42.2. The van der Waals surface area contributed by atoms with Crippen molar-refractivity contribution in [2.24, 2.45) is 0 Å². The Hall–Kier alpha value is -1.98. The SMILES string of the molecule is CC(=O)N[C@@H]1[C@@H](O[C@@H]2O[C@H](CO)[C@H](O)[C@H](O[C@H]3O[C@H](CO)[C@H](O)[C@H](O[C@H]4O[C@H](CO)[C@H](O)[C@H](O)[C@H]4O)[C@H]3NC(C)=O)[C@H]2O[C@@H]2O[C@@H](C)[C@@H](O)[C@@H](O)[C@@H]2O)[C@@H](O)[C@@H](CO)O[C@@H]1O. The summed E-state index contributed by atoms with van der Waals surface area (Å²) in [5.41, 5.74) is 0. The largest absolute Gasteiger partial charge is 0.394 e. The molecule has 61 heavy (non-hydrogen) atoms. The fraction of sp³-hybridized carbons (Fsp3) is 0.941. The van der Waals surface area contributed by atoms with Crippen molar-refractivity contribution in [2.75, 3.05) is 26.4 Å². The Balaban J connectivity index is 1.56. The molecule has 0 unspecified atom stereocenters. The quantitative estimate of drug-likeness (QED) is 0.0770. The number of hydrogen-bond donors (Lipinski definition) is 16. The molecule has 354 valence electrons. The van der Waals surface area contributed by atoms with Crippen LogP contribution in [0.4, 0.5) is 0 Å². The van der Waals surface area contributed by atoms with Crippen LogP contribution in [0.1, 0.15) is 20.8 Å². The Labute approximate surface area is 346 Å². The molecule has 5 rings (SSSR count). The second kappa shape index (κ2) is 21.3. The molecule has 5 aliphatic rings. The second-order valence-electron chi connectivity index (χ2n) is 15.4. The first kappa shape index (κ1) is 50.0. The van der Waals surface area contributed by atoms with Crippen molar-refractivity contribution in [3.8, 4) is 0 Å². The molecule has 0 spiro atoms. The van der Waals surface area contributed by atoms with Crippen molar-refractivity contribution in [1.29, 1.82) is 0 Å². The van der Waals surface area contributed by atoms with E-state index in [1.165, 1.54) is 6.92 Å². The molecule has 0 aliphatic carbocycles. The number of nitrogens with one attached hydrogen (secondary N) is 2. The maximum Gasteiger partial charge on any atom is 0.217 e. The standard InChI is InChI=1S/C34H58N2O25/c1-8-17(43)22(48)24(50)32(53-8)61-29-28(21(47)14(7-40)57-34(29)59-26-15(35-9(2)41)30(52)54-12(5-38)19(26)45)60-31-16(36-10(3)42)27(20(46)13(6-39)55-31)58-33-25(51)23(49)18(44)11(4-37)56-33/h8,11-34,37-40,43-52H,4-7H2,1-3H3,(H,35,41)(H,36,42)/t8-,11+,12+,13+,14+,15+,16+,17+,18-,19-,20-,21-,22+,23-,24-,25+,26+,27+,28-,29+,30-,31+,32-,33+,34-/m0/s1. The number of aliphatic hydroxyl groups excluding tert-OH is 14. The monoisotopic (exact) mass is 894 g/mol. The highest BCUT2D eigenvalue weighted by Crippen LogP contribution is 2.37. The van der Waals surface area contributed by atoms with E-state index in [1.54, 1.807) is 0 Å². The van der Waals surface area contributed by atoms with E-state index >= 15 is 0 Å².